The highest BCUT2D eigenvalue weighted by Gasteiger charge is 2.19. The maximum atomic E-state index is 12.4. The molecule has 3 aromatic carbocycles. The number of benzene rings is 3. The van der Waals surface area contributed by atoms with Crippen molar-refractivity contribution in [2.75, 3.05) is 0 Å². The number of carboxylic acids is 1. The molecule has 28 heavy (non-hydrogen) atoms. The van der Waals surface area contributed by atoms with Crippen LogP contribution in [0.1, 0.15) is 22.3 Å². The second kappa shape index (κ2) is 9.33. The SMILES string of the molecule is O=C(N[C@H](C/C=C/c1ccccc1)C(=O)O)c1ccc(-c2ccccc2)cc1. The quantitative estimate of drug-likeness (QED) is 0.636. The maximum absolute atomic E-state index is 12.4. The number of nitrogens with one attached hydrogen (secondary N) is 1. The average Bonchev–Trinajstić information content (AvgIpc) is 2.74. The fourth-order valence-corrected chi connectivity index (χ4v) is 2.81. The van der Waals surface area contributed by atoms with Crippen molar-refractivity contribution >= 4 is 18.0 Å². The molecule has 0 saturated heterocycles. The van der Waals surface area contributed by atoms with E-state index in [1.165, 1.54) is 0 Å². The van der Waals surface area contributed by atoms with E-state index in [1.54, 1.807) is 18.2 Å². The summed E-state index contributed by atoms with van der Waals surface area (Å²) in [4.78, 5) is 23.9. The molecule has 1 atom stereocenters. The first kappa shape index (κ1) is 19.1. The summed E-state index contributed by atoms with van der Waals surface area (Å²) in [5.74, 6) is -1.47. The molecule has 0 bridgehead atoms. The first-order valence-corrected chi connectivity index (χ1v) is 9.04. The molecule has 3 aromatic rings. The molecule has 1 amide bonds. The minimum Gasteiger partial charge on any atom is -0.480 e. The Morgan fingerprint density at radius 1 is 0.821 bits per heavy atom. The van der Waals surface area contributed by atoms with Crippen molar-refractivity contribution in [1.29, 1.82) is 0 Å². The van der Waals surface area contributed by atoms with Crippen molar-refractivity contribution in [2.45, 2.75) is 12.5 Å². The van der Waals surface area contributed by atoms with Gasteiger partial charge in [0.25, 0.3) is 5.91 Å². The molecule has 0 aliphatic carbocycles. The van der Waals surface area contributed by atoms with Crippen molar-refractivity contribution < 1.29 is 14.7 Å². The molecule has 2 N–H and O–H groups in total. The van der Waals surface area contributed by atoms with Crippen LogP contribution in [0.25, 0.3) is 17.2 Å². The minimum atomic E-state index is -1.06. The van der Waals surface area contributed by atoms with Gasteiger partial charge in [-0.2, -0.15) is 0 Å². The van der Waals surface area contributed by atoms with Crippen LogP contribution >= 0.6 is 0 Å². The molecular weight excluding hydrogens is 350 g/mol. The summed E-state index contributed by atoms with van der Waals surface area (Å²) >= 11 is 0. The molecule has 4 nitrogen and oxygen atoms in total. The topological polar surface area (TPSA) is 66.4 Å². The third-order valence-corrected chi connectivity index (χ3v) is 4.34. The number of hydrogen-bond donors (Lipinski definition) is 2. The summed E-state index contributed by atoms with van der Waals surface area (Å²) in [7, 11) is 0. The highest BCUT2D eigenvalue weighted by molar-refractivity contribution is 5.97. The standard InChI is InChI=1S/C24H21NO3/c26-23(21-16-14-20(15-17-21)19-11-5-2-6-12-19)25-22(24(27)28)13-7-10-18-8-3-1-4-9-18/h1-12,14-17,22H,13H2,(H,25,26)(H,27,28)/b10-7+/t22-/m1/s1. The molecule has 0 heterocycles. The molecule has 0 aromatic heterocycles. The molecule has 0 aliphatic heterocycles. The van der Waals surface area contributed by atoms with Gasteiger partial charge in [0, 0.05) is 5.56 Å². The molecule has 0 radical (unpaired) electrons. The van der Waals surface area contributed by atoms with Gasteiger partial charge >= 0.3 is 5.97 Å². The third-order valence-electron chi connectivity index (χ3n) is 4.34. The van der Waals surface area contributed by atoms with E-state index in [9.17, 15) is 14.7 Å². The Kier molecular flexibility index (Phi) is 6.37. The maximum Gasteiger partial charge on any atom is 0.326 e. The normalized spacial score (nSPS) is 11.9. The van der Waals surface area contributed by atoms with E-state index < -0.39 is 17.9 Å². The lowest BCUT2D eigenvalue weighted by Crippen LogP contribution is -2.40. The Labute approximate surface area is 164 Å². The Bertz CT molecular complexity index is 948. The molecule has 0 unspecified atom stereocenters. The van der Waals surface area contributed by atoms with Gasteiger partial charge in [-0.05, 0) is 35.2 Å². The number of carbonyl (C=O) groups is 2. The first-order valence-electron chi connectivity index (χ1n) is 9.04. The number of amides is 1. The van der Waals surface area contributed by atoms with Crippen LogP contribution in [0, 0.1) is 0 Å². The lowest BCUT2D eigenvalue weighted by Gasteiger charge is -2.13. The van der Waals surface area contributed by atoms with Gasteiger partial charge in [0.15, 0.2) is 0 Å². The van der Waals surface area contributed by atoms with Gasteiger partial charge in [-0.25, -0.2) is 4.79 Å². The largest absolute Gasteiger partial charge is 0.480 e. The highest BCUT2D eigenvalue weighted by Crippen LogP contribution is 2.19. The fourth-order valence-electron chi connectivity index (χ4n) is 2.81. The van der Waals surface area contributed by atoms with Gasteiger partial charge in [-0.3, -0.25) is 4.79 Å². The van der Waals surface area contributed by atoms with E-state index in [1.807, 2.05) is 78.9 Å². The van der Waals surface area contributed by atoms with Gasteiger partial charge < -0.3 is 10.4 Å². The first-order chi connectivity index (χ1) is 13.6. The lowest BCUT2D eigenvalue weighted by atomic mass is 10.0. The summed E-state index contributed by atoms with van der Waals surface area (Å²) in [6.45, 7) is 0. The molecule has 4 heteroatoms. The van der Waals surface area contributed by atoms with Crippen LogP contribution in [-0.2, 0) is 4.79 Å². The molecule has 140 valence electrons. The van der Waals surface area contributed by atoms with E-state index in [2.05, 4.69) is 5.32 Å². The van der Waals surface area contributed by atoms with Crippen LogP contribution in [0.2, 0.25) is 0 Å². The predicted octanol–water partition coefficient (Wildman–Crippen LogP) is 4.64. The van der Waals surface area contributed by atoms with Crippen LogP contribution in [0.5, 0.6) is 0 Å². The van der Waals surface area contributed by atoms with Crippen LogP contribution in [0.4, 0.5) is 0 Å². The highest BCUT2D eigenvalue weighted by atomic mass is 16.4. The number of carbonyl (C=O) groups excluding carboxylic acids is 1. The summed E-state index contributed by atoms with van der Waals surface area (Å²) in [5.41, 5.74) is 3.47. The Balaban J connectivity index is 1.64. The number of hydrogen-bond acceptors (Lipinski definition) is 2. The minimum absolute atomic E-state index is 0.206. The molecule has 0 aliphatic rings. The van der Waals surface area contributed by atoms with Crippen molar-refractivity contribution in [3.8, 4) is 11.1 Å². The lowest BCUT2D eigenvalue weighted by molar-refractivity contribution is -0.139. The van der Waals surface area contributed by atoms with Crippen molar-refractivity contribution in [2.24, 2.45) is 0 Å². The third kappa shape index (κ3) is 5.17. The van der Waals surface area contributed by atoms with Crippen molar-refractivity contribution in [1.82, 2.24) is 5.32 Å². The Morgan fingerprint density at radius 2 is 1.39 bits per heavy atom. The Hall–Kier alpha value is -3.66. The van der Waals surface area contributed by atoms with E-state index in [4.69, 9.17) is 0 Å². The molecular formula is C24H21NO3. The zero-order valence-corrected chi connectivity index (χ0v) is 15.3. The van der Waals surface area contributed by atoms with Crippen molar-refractivity contribution in [3.63, 3.8) is 0 Å². The van der Waals surface area contributed by atoms with Crippen LogP contribution in [0.15, 0.2) is 91.0 Å². The van der Waals surface area contributed by atoms with Gasteiger partial charge in [0.2, 0.25) is 0 Å². The van der Waals surface area contributed by atoms with Gasteiger partial charge in [-0.15, -0.1) is 0 Å². The fraction of sp³-hybridized carbons (Fsp3) is 0.0833. The van der Waals surface area contributed by atoms with Crippen LogP contribution in [0.3, 0.4) is 0 Å². The van der Waals surface area contributed by atoms with E-state index in [-0.39, 0.29) is 6.42 Å². The average molecular weight is 371 g/mol. The zero-order valence-electron chi connectivity index (χ0n) is 15.3. The number of aliphatic carboxylic acids is 1. The Morgan fingerprint density at radius 3 is 2.00 bits per heavy atom. The summed E-state index contributed by atoms with van der Waals surface area (Å²) in [6, 6.07) is 25.6. The van der Waals surface area contributed by atoms with E-state index in [0.717, 1.165) is 16.7 Å². The van der Waals surface area contributed by atoms with Crippen LogP contribution in [-0.4, -0.2) is 23.0 Å². The number of rotatable bonds is 7. The summed E-state index contributed by atoms with van der Waals surface area (Å²) in [6.07, 6.45) is 3.81. The van der Waals surface area contributed by atoms with Crippen LogP contribution < -0.4 is 5.32 Å². The second-order valence-corrected chi connectivity index (χ2v) is 6.36. The predicted molar refractivity (Wildman–Crippen MR) is 111 cm³/mol. The molecule has 0 saturated carbocycles. The summed E-state index contributed by atoms with van der Waals surface area (Å²) in [5, 5.41) is 12.0. The van der Waals surface area contributed by atoms with Gasteiger partial charge in [-0.1, -0.05) is 84.9 Å². The molecule has 0 spiro atoms. The molecule has 3 rings (SSSR count). The van der Waals surface area contributed by atoms with Crippen molar-refractivity contribution in [3.05, 3.63) is 102 Å². The second-order valence-electron chi connectivity index (χ2n) is 6.36. The van der Waals surface area contributed by atoms with Gasteiger partial charge in [0.1, 0.15) is 6.04 Å². The monoisotopic (exact) mass is 371 g/mol. The smallest absolute Gasteiger partial charge is 0.326 e. The van der Waals surface area contributed by atoms with E-state index >= 15 is 0 Å². The zero-order chi connectivity index (χ0) is 19.8. The number of carboxylic acid groups (broad SMARTS) is 1. The van der Waals surface area contributed by atoms with E-state index in [0.29, 0.717) is 5.56 Å². The summed E-state index contributed by atoms with van der Waals surface area (Å²) < 4.78 is 0. The molecule has 0 fully saturated rings. The van der Waals surface area contributed by atoms with Gasteiger partial charge in [0.05, 0.1) is 0 Å².